The Morgan fingerprint density at radius 2 is 1.20 bits per heavy atom. The van der Waals surface area contributed by atoms with Crippen LogP contribution < -0.4 is 9.33 Å². The zero-order valence-electron chi connectivity index (χ0n) is 18.1. The van der Waals surface area contributed by atoms with Crippen LogP contribution in [0.2, 0.25) is 0 Å². The number of hydrogen-bond acceptors (Lipinski definition) is 1. The van der Waals surface area contributed by atoms with Crippen LogP contribution in [0.5, 0.6) is 0 Å². The maximum atomic E-state index is 2.34. The van der Waals surface area contributed by atoms with Crippen LogP contribution in [0.1, 0.15) is 13.8 Å². The van der Waals surface area contributed by atoms with E-state index in [1.165, 1.54) is 42.4 Å². The van der Waals surface area contributed by atoms with Crippen molar-refractivity contribution in [3.05, 3.63) is 97.1 Å². The van der Waals surface area contributed by atoms with Gasteiger partial charge in [0.15, 0.2) is 0 Å². The number of anilines is 1. The fraction of sp³-hybridized carbons (Fsp3) is 0.143. The van der Waals surface area contributed by atoms with Crippen molar-refractivity contribution < 1.29 is 0 Å². The summed E-state index contributed by atoms with van der Waals surface area (Å²) in [7, 11) is 0. The molecule has 0 spiro atoms. The summed E-state index contributed by atoms with van der Waals surface area (Å²) in [6.07, 6.45) is 0. The molecule has 0 aliphatic rings. The summed E-state index contributed by atoms with van der Waals surface area (Å²) >= 11 is 1.09. The zero-order valence-corrected chi connectivity index (χ0v) is 20.1. The summed E-state index contributed by atoms with van der Waals surface area (Å²) in [5.74, 6) is 0. The lowest BCUT2D eigenvalue weighted by molar-refractivity contribution is 0.866. The standard InChI is InChI=1S/C18H11.C10H15N.Al.2H/c1-2-7-15-12-18-16(11-14(15)6-1)10-9-13-5-3-4-8-17(13)18;1-3-11(4-2)10-8-6-5-7-9-10;;;/h1-7,9-12H;5-9H,3-4H2,1-2H3;;;. The molecule has 0 saturated heterocycles. The number of rotatable bonds is 3. The summed E-state index contributed by atoms with van der Waals surface area (Å²) in [6, 6.07) is 34.9. The van der Waals surface area contributed by atoms with E-state index in [9.17, 15) is 0 Å². The number of fused-ring (bicyclic) bond motifs is 4. The molecule has 0 bridgehead atoms. The van der Waals surface area contributed by atoms with Crippen LogP contribution in [0.25, 0.3) is 32.3 Å². The molecule has 0 aromatic heterocycles. The van der Waals surface area contributed by atoms with Crippen LogP contribution in [-0.4, -0.2) is 29.4 Å². The number of nitrogens with zero attached hydrogens (tertiary/aromatic N) is 1. The first kappa shape index (κ1) is 20.5. The van der Waals surface area contributed by atoms with Crippen LogP contribution >= 0.6 is 0 Å². The third kappa shape index (κ3) is 4.22. The lowest BCUT2D eigenvalue weighted by Gasteiger charge is -2.20. The van der Waals surface area contributed by atoms with E-state index in [4.69, 9.17) is 0 Å². The highest BCUT2D eigenvalue weighted by molar-refractivity contribution is 6.41. The largest absolute Gasteiger partial charge is 0.372 e. The van der Waals surface area contributed by atoms with Gasteiger partial charge in [0.1, 0.15) is 0 Å². The average Bonchev–Trinajstić information content (AvgIpc) is 2.80. The van der Waals surface area contributed by atoms with Gasteiger partial charge < -0.3 is 4.90 Å². The first-order valence-electron chi connectivity index (χ1n) is 10.8. The van der Waals surface area contributed by atoms with E-state index in [0.29, 0.717) is 0 Å². The van der Waals surface area contributed by atoms with Crippen LogP contribution in [0, 0.1) is 0 Å². The third-order valence-electron chi connectivity index (χ3n) is 5.82. The quantitative estimate of drug-likeness (QED) is 0.204. The van der Waals surface area contributed by atoms with Crippen molar-refractivity contribution in [2.24, 2.45) is 0 Å². The molecule has 0 N–H and O–H groups in total. The van der Waals surface area contributed by atoms with Gasteiger partial charge in [-0.3, -0.25) is 0 Å². The molecule has 1 nitrogen and oxygen atoms in total. The fourth-order valence-electron chi connectivity index (χ4n) is 4.22. The molecule has 2 heteroatoms. The Bertz CT molecular complexity index is 1270. The van der Waals surface area contributed by atoms with Crippen LogP contribution in [-0.2, 0) is 0 Å². The van der Waals surface area contributed by atoms with Crippen molar-refractivity contribution in [1.29, 1.82) is 0 Å². The van der Waals surface area contributed by atoms with Gasteiger partial charge in [-0.05, 0) is 70.4 Å². The molecule has 0 aliphatic carbocycles. The van der Waals surface area contributed by atoms with E-state index >= 15 is 0 Å². The third-order valence-corrected chi connectivity index (χ3v) is 6.65. The highest BCUT2D eigenvalue weighted by atomic mass is 27.0. The summed E-state index contributed by atoms with van der Waals surface area (Å²) < 4.78 is 1.48. The SMILES string of the molecule is CCN(CC)c1ccccc1.[AlH2][c]1cccc2ccc3cc4ccccc4cc3c12. The second-order valence-corrected chi connectivity index (χ2v) is 8.74. The average molecular weight is 406 g/mol. The molecule has 0 heterocycles. The van der Waals surface area contributed by atoms with Gasteiger partial charge in [-0.25, -0.2) is 0 Å². The molecule has 0 atom stereocenters. The Kier molecular flexibility index (Phi) is 6.38. The molecule has 148 valence electrons. The number of benzene rings is 5. The summed E-state index contributed by atoms with van der Waals surface area (Å²) in [4.78, 5) is 2.33. The highest BCUT2D eigenvalue weighted by Gasteiger charge is 2.04. The normalized spacial score (nSPS) is 10.7. The molecule has 0 saturated carbocycles. The van der Waals surface area contributed by atoms with Crippen molar-refractivity contribution in [2.45, 2.75) is 13.8 Å². The van der Waals surface area contributed by atoms with E-state index in [0.717, 1.165) is 29.4 Å². The van der Waals surface area contributed by atoms with Gasteiger partial charge in [-0.1, -0.05) is 72.8 Å². The van der Waals surface area contributed by atoms with E-state index in [2.05, 4.69) is 110 Å². The van der Waals surface area contributed by atoms with Crippen molar-refractivity contribution in [3.8, 4) is 0 Å². The maximum Gasteiger partial charge on any atom is 0.259 e. The predicted octanol–water partition coefficient (Wildman–Crippen LogP) is 5.94. The van der Waals surface area contributed by atoms with Crippen LogP contribution in [0.4, 0.5) is 5.69 Å². The highest BCUT2D eigenvalue weighted by Crippen LogP contribution is 2.28. The van der Waals surface area contributed by atoms with Crippen molar-refractivity contribution >= 4 is 58.7 Å². The Balaban J connectivity index is 0.000000170. The molecule has 5 rings (SSSR count). The van der Waals surface area contributed by atoms with E-state index in [1.54, 1.807) is 0 Å². The monoisotopic (exact) mass is 405 g/mol. The molecule has 0 amide bonds. The second-order valence-electron chi connectivity index (χ2n) is 7.67. The lowest BCUT2D eigenvalue weighted by atomic mass is 9.98. The maximum absolute atomic E-state index is 2.34. The van der Waals surface area contributed by atoms with Crippen LogP contribution in [0.15, 0.2) is 97.1 Å². The molecule has 5 aromatic carbocycles. The van der Waals surface area contributed by atoms with Crippen molar-refractivity contribution in [1.82, 2.24) is 0 Å². The molecule has 30 heavy (non-hydrogen) atoms. The zero-order chi connectivity index (χ0) is 20.9. The predicted molar refractivity (Wildman–Crippen MR) is 137 cm³/mol. The Morgan fingerprint density at radius 1 is 0.600 bits per heavy atom. The van der Waals surface area contributed by atoms with Gasteiger partial charge >= 0.3 is 0 Å². The molecular formula is C28H28AlN. The molecule has 0 unspecified atom stereocenters. The molecule has 0 fully saturated rings. The molecule has 0 aliphatic heterocycles. The summed E-state index contributed by atoms with van der Waals surface area (Å²) in [5, 5.41) is 8.18. The van der Waals surface area contributed by atoms with Crippen LogP contribution in [0.3, 0.4) is 0 Å². The topological polar surface area (TPSA) is 3.24 Å². The number of para-hydroxylation sites is 1. The second kappa shape index (κ2) is 9.35. The first-order chi connectivity index (χ1) is 14.7. The van der Waals surface area contributed by atoms with Crippen molar-refractivity contribution in [3.63, 3.8) is 0 Å². The fourth-order valence-corrected chi connectivity index (χ4v) is 4.97. The molecule has 5 aromatic rings. The Hall–Kier alpha value is -2.79. The summed E-state index contributed by atoms with van der Waals surface area (Å²) in [5.41, 5.74) is 1.32. The van der Waals surface area contributed by atoms with Gasteiger partial charge in [0.05, 0.1) is 0 Å². The minimum atomic E-state index is 1.08. The minimum Gasteiger partial charge on any atom is -0.372 e. The van der Waals surface area contributed by atoms with Gasteiger partial charge in [-0.2, -0.15) is 0 Å². The molecule has 0 radical (unpaired) electrons. The van der Waals surface area contributed by atoms with Gasteiger partial charge in [-0.15, -0.1) is 4.43 Å². The van der Waals surface area contributed by atoms with E-state index < -0.39 is 0 Å². The minimum absolute atomic E-state index is 1.08. The lowest BCUT2D eigenvalue weighted by Crippen LogP contribution is -2.21. The Labute approximate surface area is 187 Å². The number of hydrogen-bond donors (Lipinski definition) is 0. The van der Waals surface area contributed by atoms with E-state index in [1.807, 2.05) is 6.07 Å². The summed E-state index contributed by atoms with van der Waals surface area (Å²) in [6.45, 7) is 6.52. The Morgan fingerprint density at radius 3 is 1.90 bits per heavy atom. The molecular weight excluding hydrogens is 377 g/mol. The van der Waals surface area contributed by atoms with Gasteiger partial charge in [0.25, 0.3) is 16.3 Å². The smallest absolute Gasteiger partial charge is 0.259 e. The van der Waals surface area contributed by atoms with Crippen molar-refractivity contribution in [2.75, 3.05) is 18.0 Å². The van der Waals surface area contributed by atoms with E-state index in [-0.39, 0.29) is 0 Å². The van der Waals surface area contributed by atoms with Gasteiger partial charge in [0.2, 0.25) is 0 Å². The first-order valence-corrected chi connectivity index (χ1v) is 11.8. The van der Waals surface area contributed by atoms with Gasteiger partial charge in [0, 0.05) is 18.8 Å².